The molecule has 1 heterocycles. The van der Waals surface area contributed by atoms with E-state index >= 15 is 0 Å². The van der Waals surface area contributed by atoms with Crippen LogP contribution in [0.5, 0.6) is 5.75 Å². The van der Waals surface area contributed by atoms with Crippen molar-refractivity contribution < 1.29 is 4.74 Å². The van der Waals surface area contributed by atoms with Crippen molar-refractivity contribution in [2.45, 2.75) is 6.54 Å². The summed E-state index contributed by atoms with van der Waals surface area (Å²) < 4.78 is 5.26. The number of benzene rings is 1. The van der Waals surface area contributed by atoms with Gasteiger partial charge in [-0.25, -0.2) is 0 Å². The Morgan fingerprint density at radius 1 is 1.29 bits per heavy atom. The van der Waals surface area contributed by atoms with Gasteiger partial charge in [-0.05, 0) is 17.5 Å². The fourth-order valence-electron chi connectivity index (χ4n) is 1.45. The Balaban J connectivity index is 1.90. The third-order valence-electron chi connectivity index (χ3n) is 2.29. The Labute approximate surface area is 105 Å². The second-order valence-corrected chi connectivity index (χ2v) is 4.40. The minimum Gasteiger partial charge on any atom is -0.496 e. The lowest BCUT2D eigenvalue weighted by Crippen LogP contribution is -2.06. The highest BCUT2D eigenvalue weighted by Crippen LogP contribution is 2.16. The highest BCUT2D eigenvalue weighted by molar-refractivity contribution is 7.11. The number of hydrazone groups is 1. The van der Waals surface area contributed by atoms with E-state index in [1.165, 1.54) is 0 Å². The van der Waals surface area contributed by atoms with Crippen LogP contribution in [0.2, 0.25) is 0 Å². The smallest absolute Gasteiger partial charge is 0.123 e. The van der Waals surface area contributed by atoms with Crippen LogP contribution in [0.25, 0.3) is 0 Å². The monoisotopic (exact) mass is 246 g/mol. The first-order chi connectivity index (χ1) is 8.40. The summed E-state index contributed by atoms with van der Waals surface area (Å²) in [6.45, 7) is 0.659. The lowest BCUT2D eigenvalue weighted by atomic mass is 10.2. The number of nitrogens with zero attached hydrogens (tertiary/aromatic N) is 1. The van der Waals surface area contributed by atoms with E-state index in [0.29, 0.717) is 6.54 Å². The molecule has 0 bridgehead atoms. The Bertz CT molecular complexity index is 480. The molecule has 0 spiro atoms. The largest absolute Gasteiger partial charge is 0.496 e. The molecule has 0 aliphatic rings. The van der Waals surface area contributed by atoms with Crippen LogP contribution in [0.4, 0.5) is 0 Å². The quantitative estimate of drug-likeness (QED) is 0.650. The van der Waals surface area contributed by atoms with Crippen LogP contribution in [0.15, 0.2) is 46.9 Å². The third kappa shape index (κ3) is 3.32. The Morgan fingerprint density at radius 2 is 2.18 bits per heavy atom. The molecule has 0 atom stereocenters. The summed E-state index contributed by atoms with van der Waals surface area (Å²) in [5, 5.41) is 6.19. The van der Waals surface area contributed by atoms with Crippen molar-refractivity contribution in [1.29, 1.82) is 0 Å². The summed E-state index contributed by atoms with van der Waals surface area (Å²) in [7, 11) is 1.67. The number of rotatable bonds is 5. The van der Waals surface area contributed by atoms with Crippen LogP contribution < -0.4 is 10.2 Å². The first-order valence-electron chi connectivity index (χ1n) is 5.31. The van der Waals surface area contributed by atoms with Gasteiger partial charge in [0.1, 0.15) is 5.75 Å². The van der Waals surface area contributed by atoms with Crippen LogP contribution >= 0.6 is 11.3 Å². The van der Waals surface area contributed by atoms with Crippen molar-refractivity contribution in [3.05, 3.63) is 52.2 Å². The predicted octanol–water partition coefficient (Wildman–Crippen LogP) is 2.88. The molecule has 1 aromatic carbocycles. The molecule has 1 aromatic heterocycles. The number of ether oxygens (including phenoxy) is 1. The van der Waals surface area contributed by atoms with Crippen molar-refractivity contribution in [1.82, 2.24) is 5.43 Å². The summed E-state index contributed by atoms with van der Waals surface area (Å²) in [5.41, 5.74) is 4.11. The van der Waals surface area contributed by atoms with Gasteiger partial charge in [0.25, 0.3) is 0 Å². The van der Waals surface area contributed by atoms with Gasteiger partial charge in [0.05, 0.1) is 19.9 Å². The minimum atomic E-state index is 0.659. The summed E-state index contributed by atoms with van der Waals surface area (Å²) in [5.74, 6) is 0.881. The zero-order valence-electron chi connectivity index (χ0n) is 9.59. The van der Waals surface area contributed by atoms with Crippen LogP contribution in [-0.4, -0.2) is 13.3 Å². The number of para-hydroxylation sites is 1. The van der Waals surface area contributed by atoms with Crippen molar-refractivity contribution in [3.8, 4) is 5.75 Å². The van der Waals surface area contributed by atoms with E-state index in [0.717, 1.165) is 16.2 Å². The van der Waals surface area contributed by atoms with Gasteiger partial charge < -0.3 is 10.2 Å². The molecule has 0 saturated carbocycles. The van der Waals surface area contributed by atoms with Crippen molar-refractivity contribution >= 4 is 17.6 Å². The molecule has 0 saturated heterocycles. The van der Waals surface area contributed by atoms with Gasteiger partial charge in [0, 0.05) is 10.4 Å². The fourth-order valence-corrected chi connectivity index (χ4v) is 2.04. The van der Waals surface area contributed by atoms with Gasteiger partial charge in [-0.15, -0.1) is 11.3 Å². The van der Waals surface area contributed by atoms with E-state index in [9.17, 15) is 0 Å². The molecule has 0 fully saturated rings. The van der Waals surface area contributed by atoms with Crippen LogP contribution in [-0.2, 0) is 6.54 Å². The number of thiophene rings is 1. The molecule has 3 nitrogen and oxygen atoms in total. The van der Waals surface area contributed by atoms with Crippen molar-refractivity contribution in [2.24, 2.45) is 5.10 Å². The van der Waals surface area contributed by atoms with E-state index in [2.05, 4.69) is 10.5 Å². The molecular formula is C13H14N2OS. The highest BCUT2D eigenvalue weighted by atomic mass is 32.1. The van der Waals surface area contributed by atoms with Gasteiger partial charge in [-0.1, -0.05) is 24.3 Å². The van der Waals surface area contributed by atoms with Gasteiger partial charge >= 0.3 is 0 Å². The molecule has 0 unspecified atom stereocenters. The lowest BCUT2D eigenvalue weighted by Gasteiger charge is -2.06. The maximum Gasteiger partial charge on any atom is 0.123 e. The Hall–Kier alpha value is -1.81. The number of nitrogens with one attached hydrogen (secondary N) is 1. The van der Waals surface area contributed by atoms with E-state index in [1.807, 2.05) is 48.0 Å². The van der Waals surface area contributed by atoms with E-state index in [1.54, 1.807) is 18.4 Å². The van der Waals surface area contributed by atoms with E-state index in [4.69, 9.17) is 4.74 Å². The Kier molecular flexibility index (Phi) is 4.16. The standard InChI is InChI=1S/C13H14N2OS/c1-16-13-7-3-2-5-11(13)9-14-15-10-12-6-4-8-17-12/h2-8,10,14H,9H2,1H3/b15-10+. The van der Waals surface area contributed by atoms with Crippen LogP contribution in [0.1, 0.15) is 10.4 Å². The van der Waals surface area contributed by atoms with E-state index < -0.39 is 0 Å². The predicted molar refractivity (Wildman–Crippen MR) is 71.7 cm³/mol. The average Bonchev–Trinajstić information content (AvgIpc) is 2.88. The number of methoxy groups -OCH3 is 1. The second kappa shape index (κ2) is 6.06. The molecule has 0 aliphatic heterocycles. The SMILES string of the molecule is COc1ccccc1CN/N=C/c1cccs1. The lowest BCUT2D eigenvalue weighted by molar-refractivity contribution is 0.408. The summed E-state index contributed by atoms with van der Waals surface area (Å²) >= 11 is 1.66. The zero-order valence-corrected chi connectivity index (χ0v) is 10.4. The Morgan fingerprint density at radius 3 is 2.94 bits per heavy atom. The molecular weight excluding hydrogens is 232 g/mol. The minimum absolute atomic E-state index is 0.659. The molecule has 88 valence electrons. The molecule has 0 amide bonds. The fraction of sp³-hybridized carbons (Fsp3) is 0.154. The summed E-state index contributed by atoms with van der Waals surface area (Å²) in [4.78, 5) is 1.14. The number of hydrogen-bond acceptors (Lipinski definition) is 4. The molecule has 0 radical (unpaired) electrons. The maximum atomic E-state index is 5.26. The topological polar surface area (TPSA) is 33.6 Å². The van der Waals surface area contributed by atoms with Crippen molar-refractivity contribution in [3.63, 3.8) is 0 Å². The van der Waals surface area contributed by atoms with Gasteiger partial charge in [0.2, 0.25) is 0 Å². The second-order valence-electron chi connectivity index (χ2n) is 3.42. The third-order valence-corrected chi connectivity index (χ3v) is 3.10. The van der Waals surface area contributed by atoms with Crippen LogP contribution in [0, 0.1) is 0 Å². The molecule has 0 aliphatic carbocycles. The molecule has 4 heteroatoms. The number of hydrogen-bond donors (Lipinski definition) is 1. The van der Waals surface area contributed by atoms with Crippen LogP contribution in [0.3, 0.4) is 0 Å². The van der Waals surface area contributed by atoms with Gasteiger partial charge in [-0.2, -0.15) is 5.10 Å². The van der Waals surface area contributed by atoms with Crippen molar-refractivity contribution in [2.75, 3.05) is 7.11 Å². The molecule has 17 heavy (non-hydrogen) atoms. The van der Waals surface area contributed by atoms with Gasteiger partial charge in [-0.3, -0.25) is 0 Å². The molecule has 1 N–H and O–H groups in total. The first kappa shape index (κ1) is 11.7. The van der Waals surface area contributed by atoms with Gasteiger partial charge in [0.15, 0.2) is 0 Å². The molecule has 2 aromatic rings. The zero-order chi connectivity index (χ0) is 11.9. The average molecular weight is 246 g/mol. The summed E-state index contributed by atoms with van der Waals surface area (Å²) in [6, 6.07) is 11.9. The normalized spacial score (nSPS) is 10.6. The molecule has 2 rings (SSSR count). The highest BCUT2D eigenvalue weighted by Gasteiger charge is 1.99. The summed E-state index contributed by atoms with van der Waals surface area (Å²) in [6.07, 6.45) is 1.82. The van der Waals surface area contributed by atoms with E-state index in [-0.39, 0.29) is 0 Å². The maximum absolute atomic E-state index is 5.26. The first-order valence-corrected chi connectivity index (χ1v) is 6.19.